The van der Waals surface area contributed by atoms with Gasteiger partial charge < -0.3 is 5.11 Å². The quantitative estimate of drug-likeness (QED) is 0.547. The molecule has 3 aromatic rings. The Hall–Kier alpha value is -3.04. The highest BCUT2D eigenvalue weighted by Gasteiger charge is 2.20. The number of benzene rings is 3. The number of nitrogens with one attached hydrogen (secondary N) is 2. The molecular weight excluding hydrogens is 388 g/mol. The smallest absolute Gasteiger partial charge is 0.262 e. The first-order valence-corrected chi connectivity index (χ1v) is 10.7. The molecule has 0 spiro atoms. The van der Waals surface area contributed by atoms with Gasteiger partial charge in [0, 0.05) is 0 Å². The molecule has 0 aromatic heterocycles. The van der Waals surface area contributed by atoms with E-state index in [-0.39, 0.29) is 21.2 Å². The van der Waals surface area contributed by atoms with E-state index in [0.717, 1.165) is 0 Å². The summed E-state index contributed by atoms with van der Waals surface area (Å²) in [6, 6.07) is 19.3. The van der Waals surface area contributed by atoms with E-state index in [1.165, 1.54) is 42.5 Å². The van der Waals surface area contributed by atoms with Crippen molar-refractivity contribution in [1.82, 2.24) is 0 Å². The van der Waals surface area contributed by atoms with Crippen molar-refractivity contribution >= 4 is 31.4 Å². The monoisotopic (exact) mass is 404 g/mol. The second-order valence-corrected chi connectivity index (χ2v) is 8.90. The molecule has 140 valence electrons. The summed E-state index contributed by atoms with van der Waals surface area (Å²) in [6.07, 6.45) is 0. The van der Waals surface area contributed by atoms with E-state index in [2.05, 4.69) is 9.44 Å². The predicted molar refractivity (Wildman–Crippen MR) is 103 cm³/mol. The minimum absolute atomic E-state index is 0.0136. The van der Waals surface area contributed by atoms with E-state index < -0.39 is 25.8 Å². The zero-order valence-electron chi connectivity index (χ0n) is 13.9. The van der Waals surface area contributed by atoms with Crippen molar-refractivity contribution in [1.29, 1.82) is 0 Å². The lowest BCUT2D eigenvalue weighted by molar-refractivity contribution is 0.480. The van der Waals surface area contributed by atoms with Gasteiger partial charge in [-0.2, -0.15) is 0 Å². The van der Waals surface area contributed by atoms with Crippen molar-refractivity contribution in [2.24, 2.45) is 0 Å². The lowest BCUT2D eigenvalue weighted by Gasteiger charge is -2.14. The number of aromatic hydroxyl groups is 1. The summed E-state index contributed by atoms with van der Waals surface area (Å²) in [5.41, 5.74) is -0.292. The summed E-state index contributed by atoms with van der Waals surface area (Å²) < 4.78 is 54.2. The van der Waals surface area contributed by atoms with Crippen molar-refractivity contribution in [2.75, 3.05) is 9.44 Å². The topological polar surface area (TPSA) is 113 Å². The highest BCUT2D eigenvalue weighted by atomic mass is 32.2. The van der Waals surface area contributed by atoms with Crippen LogP contribution in [-0.4, -0.2) is 21.9 Å². The lowest BCUT2D eigenvalue weighted by atomic mass is 10.2. The van der Waals surface area contributed by atoms with Crippen molar-refractivity contribution in [2.45, 2.75) is 9.79 Å². The van der Waals surface area contributed by atoms with Gasteiger partial charge in [-0.1, -0.05) is 42.5 Å². The van der Waals surface area contributed by atoms with E-state index in [9.17, 15) is 21.9 Å². The highest BCUT2D eigenvalue weighted by molar-refractivity contribution is 7.93. The van der Waals surface area contributed by atoms with Crippen LogP contribution in [0.2, 0.25) is 0 Å². The fourth-order valence-corrected chi connectivity index (χ4v) is 4.49. The third kappa shape index (κ3) is 4.21. The molecule has 9 heteroatoms. The molecular formula is C18H16N2O5S2. The van der Waals surface area contributed by atoms with Crippen LogP contribution in [0, 0.1) is 0 Å². The van der Waals surface area contributed by atoms with Crippen LogP contribution in [0.1, 0.15) is 0 Å². The molecule has 0 heterocycles. The molecule has 27 heavy (non-hydrogen) atoms. The van der Waals surface area contributed by atoms with Crippen LogP contribution >= 0.6 is 0 Å². The SMILES string of the molecule is O=S(=O)(Nc1cccc(NS(=O)(=O)c2ccccc2)c1O)c1ccccc1. The van der Waals surface area contributed by atoms with Crippen LogP contribution in [0.15, 0.2) is 88.7 Å². The first kappa shape index (κ1) is 18.7. The fourth-order valence-electron chi connectivity index (χ4n) is 2.31. The summed E-state index contributed by atoms with van der Waals surface area (Å²) in [5.74, 6) is -0.531. The minimum atomic E-state index is -3.94. The molecule has 0 aliphatic carbocycles. The molecule has 0 saturated carbocycles. The Bertz CT molecular complexity index is 1060. The standard InChI is InChI=1S/C18H16N2O5S2/c21-18-16(19-26(22,23)14-8-3-1-4-9-14)12-7-13-17(18)20-27(24,25)15-10-5-2-6-11-15/h1-13,19-21H. The largest absolute Gasteiger partial charge is 0.504 e. The molecule has 0 aliphatic rings. The maximum atomic E-state index is 12.4. The van der Waals surface area contributed by atoms with E-state index >= 15 is 0 Å². The van der Waals surface area contributed by atoms with Gasteiger partial charge >= 0.3 is 0 Å². The number of hydrogen-bond donors (Lipinski definition) is 3. The van der Waals surface area contributed by atoms with Gasteiger partial charge in [0.05, 0.1) is 21.2 Å². The Morgan fingerprint density at radius 1 is 0.556 bits per heavy atom. The van der Waals surface area contributed by atoms with Gasteiger partial charge in [0.2, 0.25) is 0 Å². The van der Waals surface area contributed by atoms with Gasteiger partial charge in [-0.05, 0) is 36.4 Å². The Kier molecular flexibility index (Phi) is 5.06. The Balaban J connectivity index is 1.91. The van der Waals surface area contributed by atoms with Crippen LogP contribution in [0.4, 0.5) is 11.4 Å². The van der Waals surface area contributed by atoms with Crippen LogP contribution in [0.5, 0.6) is 5.75 Å². The third-order valence-electron chi connectivity index (χ3n) is 3.63. The van der Waals surface area contributed by atoms with Crippen molar-refractivity contribution < 1.29 is 21.9 Å². The number of sulfonamides is 2. The molecule has 3 N–H and O–H groups in total. The number of para-hydroxylation sites is 1. The number of anilines is 2. The number of phenolic OH excluding ortho intramolecular Hbond substituents is 1. The number of hydrogen-bond acceptors (Lipinski definition) is 5. The van der Waals surface area contributed by atoms with E-state index in [1.54, 1.807) is 36.4 Å². The Morgan fingerprint density at radius 2 is 0.926 bits per heavy atom. The van der Waals surface area contributed by atoms with Crippen LogP contribution in [0.25, 0.3) is 0 Å². The Morgan fingerprint density at radius 3 is 1.30 bits per heavy atom. The van der Waals surface area contributed by atoms with Gasteiger partial charge in [-0.15, -0.1) is 0 Å². The van der Waals surface area contributed by atoms with E-state index in [1.807, 2.05) is 0 Å². The normalized spacial score (nSPS) is 11.7. The maximum absolute atomic E-state index is 12.4. The molecule has 0 fully saturated rings. The molecule has 0 radical (unpaired) electrons. The number of phenols is 1. The summed E-state index contributed by atoms with van der Waals surface area (Å²) in [5, 5.41) is 10.4. The third-order valence-corrected chi connectivity index (χ3v) is 6.39. The average Bonchev–Trinajstić information content (AvgIpc) is 2.66. The van der Waals surface area contributed by atoms with E-state index in [0.29, 0.717) is 0 Å². The minimum Gasteiger partial charge on any atom is -0.504 e. The average molecular weight is 404 g/mol. The van der Waals surface area contributed by atoms with E-state index in [4.69, 9.17) is 0 Å². The predicted octanol–water partition coefficient (Wildman–Crippen LogP) is 2.99. The second-order valence-electron chi connectivity index (χ2n) is 5.54. The second kappa shape index (κ2) is 7.29. The molecule has 0 atom stereocenters. The molecule has 0 bridgehead atoms. The zero-order valence-corrected chi connectivity index (χ0v) is 15.5. The van der Waals surface area contributed by atoms with Gasteiger partial charge in [-0.25, -0.2) is 16.8 Å². The van der Waals surface area contributed by atoms with Gasteiger partial charge in [0.15, 0.2) is 5.75 Å². The summed E-state index contributed by atoms with van der Waals surface area (Å²) in [7, 11) is -7.87. The van der Waals surface area contributed by atoms with Crippen molar-refractivity contribution in [3.8, 4) is 5.75 Å². The van der Waals surface area contributed by atoms with Crippen LogP contribution < -0.4 is 9.44 Å². The summed E-state index contributed by atoms with van der Waals surface area (Å²) in [6.45, 7) is 0. The van der Waals surface area contributed by atoms with Crippen LogP contribution in [-0.2, 0) is 20.0 Å². The van der Waals surface area contributed by atoms with Gasteiger partial charge in [0.25, 0.3) is 20.0 Å². The highest BCUT2D eigenvalue weighted by Crippen LogP contribution is 2.34. The molecule has 3 rings (SSSR count). The molecule has 0 unspecified atom stereocenters. The lowest BCUT2D eigenvalue weighted by Crippen LogP contribution is -2.15. The zero-order chi connectivity index (χ0) is 19.5. The number of rotatable bonds is 6. The Labute approximate surface area is 157 Å². The van der Waals surface area contributed by atoms with Gasteiger partial charge in [-0.3, -0.25) is 9.44 Å². The summed E-state index contributed by atoms with van der Waals surface area (Å²) in [4.78, 5) is 0.0272. The molecule has 0 saturated heterocycles. The molecule has 7 nitrogen and oxygen atoms in total. The van der Waals surface area contributed by atoms with Crippen molar-refractivity contribution in [3.63, 3.8) is 0 Å². The first-order chi connectivity index (χ1) is 12.8. The van der Waals surface area contributed by atoms with Crippen LogP contribution in [0.3, 0.4) is 0 Å². The fraction of sp³-hybridized carbons (Fsp3) is 0. The summed E-state index contributed by atoms with van der Waals surface area (Å²) >= 11 is 0. The first-order valence-electron chi connectivity index (χ1n) is 7.77. The molecule has 3 aromatic carbocycles. The molecule has 0 amide bonds. The maximum Gasteiger partial charge on any atom is 0.262 e. The van der Waals surface area contributed by atoms with Gasteiger partial charge in [0.1, 0.15) is 0 Å². The molecule has 0 aliphatic heterocycles. The van der Waals surface area contributed by atoms with Crippen molar-refractivity contribution in [3.05, 3.63) is 78.9 Å².